The Bertz CT molecular complexity index is 1070. The Morgan fingerprint density at radius 2 is 1.70 bits per heavy atom. The third-order valence-electron chi connectivity index (χ3n) is 4.59. The number of methoxy groups -OCH3 is 1. The van der Waals surface area contributed by atoms with Gasteiger partial charge in [0.05, 0.1) is 18.2 Å². The first-order valence-corrected chi connectivity index (χ1v) is 9.21. The lowest BCUT2D eigenvalue weighted by Gasteiger charge is -2.11. The first kappa shape index (κ1) is 19.2. The average Bonchev–Trinajstić information content (AvgIpc) is 3.30. The monoisotopic (exact) mass is 406 g/mol. The van der Waals surface area contributed by atoms with Crippen LogP contribution in [0.1, 0.15) is 26.5 Å². The molecule has 1 N–H and O–H groups in total. The van der Waals surface area contributed by atoms with Crippen molar-refractivity contribution in [2.75, 3.05) is 19.0 Å². The van der Waals surface area contributed by atoms with Crippen LogP contribution in [0.2, 0.25) is 0 Å². The summed E-state index contributed by atoms with van der Waals surface area (Å²) in [4.78, 5) is 39.2. The molecule has 2 heterocycles. The van der Waals surface area contributed by atoms with Gasteiger partial charge in [0, 0.05) is 18.7 Å². The molecule has 1 aliphatic rings. The van der Waals surface area contributed by atoms with Crippen LogP contribution in [0.4, 0.5) is 5.69 Å². The van der Waals surface area contributed by atoms with Crippen molar-refractivity contribution in [3.63, 3.8) is 0 Å². The van der Waals surface area contributed by atoms with E-state index in [1.165, 1.54) is 4.90 Å². The third kappa shape index (κ3) is 3.88. The fourth-order valence-electron chi connectivity index (χ4n) is 3.10. The molecule has 4 rings (SSSR count). The SMILES string of the molecule is COc1ccc(NC(=O)Cn2nnc(CCN3C(=O)c4ccccc4C3=O)n2)cc1. The Balaban J connectivity index is 1.32. The summed E-state index contributed by atoms with van der Waals surface area (Å²) in [6, 6.07) is 13.6. The summed E-state index contributed by atoms with van der Waals surface area (Å²) in [5, 5.41) is 14.6. The normalized spacial score (nSPS) is 12.8. The number of aromatic nitrogens is 4. The second-order valence-electron chi connectivity index (χ2n) is 6.57. The van der Waals surface area contributed by atoms with E-state index >= 15 is 0 Å². The van der Waals surface area contributed by atoms with Gasteiger partial charge in [-0.2, -0.15) is 4.80 Å². The Morgan fingerprint density at radius 3 is 2.33 bits per heavy atom. The zero-order valence-corrected chi connectivity index (χ0v) is 16.1. The Kier molecular flexibility index (Phi) is 5.21. The van der Waals surface area contributed by atoms with Crippen LogP contribution in [0, 0.1) is 0 Å². The molecule has 1 aromatic heterocycles. The summed E-state index contributed by atoms with van der Waals surface area (Å²) in [6.07, 6.45) is 0.242. The minimum absolute atomic E-state index is 0.119. The van der Waals surface area contributed by atoms with E-state index in [1.807, 2.05) is 0 Å². The standard InChI is InChI=1S/C20H18N6O4/c1-30-14-8-6-13(7-9-14)21-18(27)12-26-23-17(22-24-26)10-11-25-19(28)15-4-2-3-5-16(15)20(25)29/h2-9H,10-12H2,1H3,(H,21,27). The van der Waals surface area contributed by atoms with Crippen molar-refractivity contribution in [1.82, 2.24) is 25.1 Å². The molecule has 1 aliphatic heterocycles. The lowest BCUT2D eigenvalue weighted by atomic mass is 10.1. The molecule has 30 heavy (non-hydrogen) atoms. The molecule has 0 fully saturated rings. The van der Waals surface area contributed by atoms with Gasteiger partial charge in [-0.1, -0.05) is 12.1 Å². The van der Waals surface area contributed by atoms with Gasteiger partial charge in [0.1, 0.15) is 12.3 Å². The predicted molar refractivity (Wildman–Crippen MR) is 105 cm³/mol. The molecule has 0 radical (unpaired) electrons. The maximum atomic E-state index is 12.4. The molecule has 0 saturated heterocycles. The molecule has 2 aromatic carbocycles. The van der Waals surface area contributed by atoms with E-state index in [-0.39, 0.29) is 37.2 Å². The number of hydrogen-bond donors (Lipinski definition) is 1. The Hall–Kier alpha value is -4.08. The molecule has 152 valence electrons. The number of nitrogens with zero attached hydrogens (tertiary/aromatic N) is 5. The Labute approximate surface area is 171 Å². The fraction of sp³-hybridized carbons (Fsp3) is 0.200. The topological polar surface area (TPSA) is 119 Å². The largest absolute Gasteiger partial charge is 0.497 e. The smallest absolute Gasteiger partial charge is 0.261 e. The summed E-state index contributed by atoms with van der Waals surface area (Å²) in [5.74, 6) is 0.0469. The van der Waals surface area contributed by atoms with Crippen LogP contribution < -0.4 is 10.1 Å². The summed E-state index contributed by atoms with van der Waals surface area (Å²) in [5.41, 5.74) is 1.41. The summed E-state index contributed by atoms with van der Waals surface area (Å²) in [6.45, 7) is 0.0160. The van der Waals surface area contributed by atoms with Crippen LogP contribution >= 0.6 is 0 Å². The van der Waals surface area contributed by atoms with Crippen LogP contribution in [0.15, 0.2) is 48.5 Å². The maximum Gasteiger partial charge on any atom is 0.261 e. The minimum atomic E-state index is -0.332. The second kappa shape index (κ2) is 8.11. The molecule has 0 saturated carbocycles. The zero-order valence-electron chi connectivity index (χ0n) is 16.1. The van der Waals surface area contributed by atoms with E-state index in [4.69, 9.17) is 4.74 Å². The molecule has 10 heteroatoms. The number of anilines is 1. The number of hydrogen-bond acceptors (Lipinski definition) is 7. The van der Waals surface area contributed by atoms with E-state index < -0.39 is 0 Å². The number of ether oxygens (including phenoxy) is 1. The highest BCUT2D eigenvalue weighted by molar-refractivity contribution is 6.21. The van der Waals surface area contributed by atoms with Crippen molar-refractivity contribution in [2.24, 2.45) is 0 Å². The number of tetrazole rings is 1. The number of rotatable bonds is 7. The van der Waals surface area contributed by atoms with Gasteiger partial charge in [-0.3, -0.25) is 19.3 Å². The Morgan fingerprint density at radius 1 is 1.03 bits per heavy atom. The van der Waals surface area contributed by atoms with Gasteiger partial charge < -0.3 is 10.1 Å². The van der Waals surface area contributed by atoms with Crippen molar-refractivity contribution in [3.8, 4) is 5.75 Å². The van der Waals surface area contributed by atoms with E-state index in [1.54, 1.807) is 55.6 Å². The van der Waals surface area contributed by atoms with Crippen molar-refractivity contribution >= 4 is 23.4 Å². The van der Waals surface area contributed by atoms with Crippen molar-refractivity contribution in [2.45, 2.75) is 13.0 Å². The van der Waals surface area contributed by atoms with Crippen LogP contribution in [-0.4, -0.2) is 56.5 Å². The highest BCUT2D eigenvalue weighted by Crippen LogP contribution is 2.22. The number of carbonyl (C=O) groups is 3. The average molecular weight is 406 g/mol. The number of fused-ring (bicyclic) bond motifs is 1. The van der Waals surface area contributed by atoms with E-state index in [9.17, 15) is 14.4 Å². The van der Waals surface area contributed by atoms with Gasteiger partial charge in [-0.25, -0.2) is 0 Å². The van der Waals surface area contributed by atoms with Crippen molar-refractivity contribution in [1.29, 1.82) is 0 Å². The third-order valence-corrected chi connectivity index (χ3v) is 4.59. The first-order valence-electron chi connectivity index (χ1n) is 9.21. The maximum absolute atomic E-state index is 12.4. The van der Waals surface area contributed by atoms with Crippen LogP contribution in [0.5, 0.6) is 5.75 Å². The zero-order chi connectivity index (χ0) is 21.1. The molecular weight excluding hydrogens is 388 g/mol. The molecular formula is C20H18N6O4. The molecule has 0 aliphatic carbocycles. The van der Waals surface area contributed by atoms with Gasteiger partial charge in [-0.05, 0) is 41.6 Å². The van der Waals surface area contributed by atoms with Crippen LogP contribution in [-0.2, 0) is 17.8 Å². The van der Waals surface area contributed by atoms with E-state index in [0.29, 0.717) is 28.4 Å². The molecule has 0 atom stereocenters. The summed E-state index contributed by atoms with van der Waals surface area (Å²) in [7, 11) is 1.57. The number of nitrogens with one attached hydrogen (secondary N) is 1. The van der Waals surface area contributed by atoms with Gasteiger partial charge >= 0.3 is 0 Å². The molecule has 0 bridgehead atoms. The van der Waals surface area contributed by atoms with E-state index in [2.05, 4.69) is 20.7 Å². The molecule has 3 aromatic rings. The van der Waals surface area contributed by atoms with Crippen LogP contribution in [0.3, 0.4) is 0 Å². The highest BCUT2D eigenvalue weighted by atomic mass is 16.5. The minimum Gasteiger partial charge on any atom is -0.497 e. The number of imide groups is 1. The number of carbonyl (C=O) groups excluding carboxylic acids is 3. The van der Waals surface area contributed by atoms with Gasteiger partial charge in [0.25, 0.3) is 11.8 Å². The second-order valence-corrected chi connectivity index (χ2v) is 6.57. The lowest BCUT2D eigenvalue weighted by molar-refractivity contribution is -0.117. The van der Waals surface area contributed by atoms with Crippen molar-refractivity contribution < 1.29 is 19.1 Å². The fourth-order valence-corrected chi connectivity index (χ4v) is 3.10. The summed E-state index contributed by atoms with van der Waals surface area (Å²) >= 11 is 0. The highest BCUT2D eigenvalue weighted by Gasteiger charge is 2.34. The molecule has 0 spiro atoms. The first-order chi connectivity index (χ1) is 14.5. The quantitative estimate of drug-likeness (QED) is 0.585. The molecule has 10 nitrogen and oxygen atoms in total. The van der Waals surface area contributed by atoms with Gasteiger partial charge in [0.2, 0.25) is 5.91 Å². The van der Waals surface area contributed by atoms with Crippen LogP contribution in [0.25, 0.3) is 0 Å². The number of amides is 3. The van der Waals surface area contributed by atoms with Gasteiger partial charge in [-0.15, -0.1) is 10.2 Å². The van der Waals surface area contributed by atoms with E-state index in [0.717, 1.165) is 4.80 Å². The van der Waals surface area contributed by atoms with Crippen molar-refractivity contribution in [3.05, 3.63) is 65.5 Å². The molecule has 0 unspecified atom stereocenters. The summed E-state index contributed by atoms with van der Waals surface area (Å²) < 4.78 is 5.07. The molecule has 3 amide bonds. The number of benzene rings is 2. The lowest BCUT2D eigenvalue weighted by Crippen LogP contribution is -2.32. The predicted octanol–water partition coefficient (Wildman–Crippen LogP) is 1.16. The van der Waals surface area contributed by atoms with Gasteiger partial charge in [0.15, 0.2) is 5.82 Å².